The number of hydrogen-bond acceptors (Lipinski definition) is 2. The van der Waals surface area contributed by atoms with Gasteiger partial charge in [0, 0.05) is 0 Å². The first-order valence-electron chi connectivity index (χ1n) is 7.13. The second-order valence-corrected chi connectivity index (χ2v) is 8.23. The Kier molecular flexibility index (Phi) is 3.78. The maximum atomic E-state index is 5.48. The van der Waals surface area contributed by atoms with E-state index in [2.05, 4.69) is 42.5 Å². The van der Waals surface area contributed by atoms with Crippen LogP contribution < -0.4 is 19.8 Å². The zero-order chi connectivity index (χ0) is 13.9. The van der Waals surface area contributed by atoms with Crippen LogP contribution in [0.3, 0.4) is 0 Å². The molecule has 3 rings (SSSR count). The average Bonchev–Trinajstić information content (AvgIpc) is 2.53. The fourth-order valence-corrected chi connectivity index (χ4v) is 6.49. The van der Waals surface area contributed by atoms with E-state index in [1.54, 1.807) is 14.2 Å². The fraction of sp³-hybridized carbons (Fsp3) is 0.294. The van der Waals surface area contributed by atoms with E-state index in [4.69, 9.17) is 9.47 Å². The topological polar surface area (TPSA) is 18.5 Å². The molecule has 2 aromatic rings. The molecule has 0 bridgehead atoms. The van der Waals surface area contributed by atoms with E-state index >= 15 is 0 Å². The van der Waals surface area contributed by atoms with E-state index in [1.165, 1.54) is 28.4 Å². The molecule has 1 aliphatic heterocycles. The van der Waals surface area contributed by atoms with E-state index < -0.39 is 8.80 Å². The molecule has 0 amide bonds. The van der Waals surface area contributed by atoms with Gasteiger partial charge in [-0.2, -0.15) is 0 Å². The molecule has 0 fully saturated rings. The molecule has 2 aromatic carbocycles. The Morgan fingerprint density at radius 3 is 2.35 bits per heavy atom. The summed E-state index contributed by atoms with van der Waals surface area (Å²) in [6, 6.07) is 16.7. The van der Waals surface area contributed by atoms with Crippen LogP contribution in [-0.2, 0) is 6.42 Å². The van der Waals surface area contributed by atoms with Crippen LogP contribution >= 0.6 is 0 Å². The third-order valence-corrected chi connectivity index (χ3v) is 7.63. The smallest absolute Gasteiger partial charge is 0.160 e. The fourth-order valence-electron chi connectivity index (χ4n) is 3.16. The highest BCUT2D eigenvalue weighted by Crippen LogP contribution is 2.29. The van der Waals surface area contributed by atoms with Gasteiger partial charge in [0.25, 0.3) is 0 Å². The second kappa shape index (κ2) is 5.71. The molecule has 0 saturated carbocycles. The molecule has 1 heterocycles. The van der Waals surface area contributed by atoms with Crippen molar-refractivity contribution in [2.45, 2.75) is 18.9 Å². The highest BCUT2D eigenvalue weighted by molar-refractivity contribution is 6.85. The highest BCUT2D eigenvalue weighted by Gasteiger charge is 2.25. The van der Waals surface area contributed by atoms with Gasteiger partial charge in [-0.15, -0.1) is 0 Å². The molecule has 1 unspecified atom stereocenters. The minimum Gasteiger partial charge on any atom is -0.493 e. The minimum absolute atomic E-state index is 0.856. The molecule has 0 N–H and O–H groups in total. The number of benzene rings is 2. The summed E-state index contributed by atoms with van der Waals surface area (Å²) in [5.41, 5.74) is 1.45. The van der Waals surface area contributed by atoms with E-state index in [9.17, 15) is 0 Å². The van der Waals surface area contributed by atoms with E-state index in [0.717, 1.165) is 17.9 Å². The van der Waals surface area contributed by atoms with Crippen molar-refractivity contribution in [2.24, 2.45) is 0 Å². The van der Waals surface area contributed by atoms with Crippen molar-refractivity contribution >= 4 is 19.2 Å². The molecule has 20 heavy (non-hydrogen) atoms. The molecule has 0 aliphatic carbocycles. The van der Waals surface area contributed by atoms with Gasteiger partial charge in [0.05, 0.1) is 14.2 Å². The number of ether oxygens (including phenoxy) is 2. The van der Waals surface area contributed by atoms with Crippen LogP contribution in [0.15, 0.2) is 42.5 Å². The van der Waals surface area contributed by atoms with Crippen molar-refractivity contribution < 1.29 is 9.47 Å². The van der Waals surface area contributed by atoms with Gasteiger partial charge < -0.3 is 9.47 Å². The summed E-state index contributed by atoms with van der Waals surface area (Å²) >= 11 is 0. The Morgan fingerprint density at radius 2 is 1.65 bits per heavy atom. The Morgan fingerprint density at radius 1 is 0.950 bits per heavy atom. The summed E-state index contributed by atoms with van der Waals surface area (Å²) in [7, 11) is 2.33. The van der Waals surface area contributed by atoms with Gasteiger partial charge in [0.2, 0.25) is 0 Å². The van der Waals surface area contributed by atoms with E-state index in [-0.39, 0.29) is 0 Å². The molecule has 0 spiro atoms. The third-order valence-electron chi connectivity index (χ3n) is 4.16. The third kappa shape index (κ3) is 2.34. The Labute approximate surface area is 122 Å². The molecule has 104 valence electrons. The zero-order valence-corrected chi connectivity index (χ0v) is 13.2. The number of fused-ring (bicyclic) bond motifs is 1. The summed E-state index contributed by atoms with van der Waals surface area (Å²) in [4.78, 5) is 0. The standard InChI is InChI=1S/C17H20O2Si/c1-18-15-11-13-7-6-10-20(14-8-4-3-5-9-14)17(13)12-16(15)19-2/h3-5,8-9,11-12,20H,6-7,10H2,1-2H3. The van der Waals surface area contributed by atoms with E-state index in [0.29, 0.717) is 0 Å². The molecule has 1 atom stereocenters. The summed E-state index contributed by atoms with van der Waals surface area (Å²) in [6.07, 6.45) is 2.44. The quantitative estimate of drug-likeness (QED) is 0.803. The largest absolute Gasteiger partial charge is 0.493 e. The van der Waals surface area contributed by atoms with Crippen LogP contribution in [0.4, 0.5) is 0 Å². The number of methoxy groups -OCH3 is 2. The lowest BCUT2D eigenvalue weighted by atomic mass is 10.1. The monoisotopic (exact) mass is 284 g/mol. The van der Waals surface area contributed by atoms with Crippen LogP contribution in [0, 0.1) is 0 Å². The molecule has 3 heteroatoms. The van der Waals surface area contributed by atoms with Crippen LogP contribution in [0.5, 0.6) is 11.5 Å². The summed E-state index contributed by atoms with van der Waals surface area (Å²) in [5, 5.41) is 3.06. The van der Waals surface area contributed by atoms with E-state index in [1.807, 2.05) is 0 Å². The Hall–Kier alpha value is -1.74. The first-order valence-corrected chi connectivity index (χ1v) is 9.10. The van der Waals surface area contributed by atoms with Gasteiger partial charge in [-0.3, -0.25) is 0 Å². The van der Waals surface area contributed by atoms with Crippen molar-refractivity contribution in [1.29, 1.82) is 0 Å². The van der Waals surface area contributed by atoms with Crippen LogP contribution in [0.25, 0.3) is 0 Å². The molecule has 0 aromatic heterocycles. The second-order valence-electron chi connectivity index (χ2n) is 5.26. The van der Waals surface area contributed by atoms with Gasteiger partial charge in [0.1, 0.15) is 8.80 Å². The van der Waals surface area contributed by atoms with Gasteiger partial charge in [0.15, 0.2) is 11.5 Å². The molecule has 2 nitrogen and oxygen atoms in total. The first-order chi connectivity index (χ1) is 9.83. The highest BCUT2D eigenvalue weighted by atomic mass is 28.3. The lowest BCUT2D eigenvalue weighted by molar-refractivity contribution is 0.355. The van der Waals surface area contributed by atoms with Gasteiger partial charge >= 0.3 is 0 Å². The summed E-state index contributed by atoms with van der Waals surface area (Å²) < 4.78 is 10.9. The van der Waals surface area contributed by atoms with Crippen molar-refractivity contribution in [2.75, 3.05) is 14.2 Å². The number of hydrogen-bond donors (Lipinski definition) is 0. The van der Waals surface area contributed by atoms with Crippen molar-refractivity contribution in [3.8, 4) is 11.5 Å². The van der Waals surface area contributed by atoms with Crippen molar-refractivity contribution in [3.05, 3.63) is 48.0 Å². The predicted octanol–water partition coefficient (Wildman–Crippen LogP) is 1.99. The zero-order valence-electron chi connectivity index (χ0n) is 12.1. The normalized spacial score (nSPS) is 17.4. The Balaban J connectivity index is 2.08. The van der Waals surface area contributed by atoms with Gasteiger partial charge in [-0.25, -0.2) is 0 Å². The average molecular weight is 284 g/mol. The van der Waals surface area contributed by atoms with Crippen molar-refractivity contribution in [3.63, 3.8) is 0 Å². The summed E-state index contributed by atoms with van der Waals surface area (Å²) in [6.45, 7) is 0. The van der Waals surface area contributed by atoms with Crippen LogP contribution in [-0.4, -0.2) is 23.0 Å². The molecule has 1 aliphatic rings. The summed E-state index contributed by atoms with van der Waals surface area (Å²) in [5.74, 6) is 1.72. The van der Waals surface area contributed by atoms with Crippen LogP contribution in [0.1, 0.15) is 12.0 Å². The lowest BCUT2D eigenvalue weighted by Crippen LogP contribution is -2.46. The molecule has 0 saturated heterocycles. The van der Waals surface area contributed by atoms with Crippen LogP contribution in [0.2, 0.25) is 6.04 Å². The first kappa shape index (κ1) is 13.2. The molecular weight excluding hydrogens is 264 g/mol. The number of aryl methyl sites for hydroxylation is 1. The maximum Gasteiger partial charge on any atom is 0.160 e. The number of rotatable bonds is 3. The van der Waals surface area contributed by atoms with Crippen molar-refractivity contribution in [1.82, 2.24) is 0 Å². The minimum atomic E-state index is -1.09. The Bertz CT molecular complexity index is 595. The van der Waals surface area contributed by atoms with Gasteiger partial charge in [-0.1, -0.05) is 53.2 Å². The van der Waals surface area contributed by atoms with Gasteiger partial charge in [-0.05, 0) is 24.1 Å². The lowest BCUT2D eigenvalue weighted by Gasteiger charge is -2.26. The SMILES string of the molecule is COc1cc2c(cc1OC)[SiH](c1ccccc1)CCC2. The molecule has 0 radical (unpaired) electrons. The maximum absolute atomic E-state index is 5.48. The molecular formula is C17H20O2Si. The predicted molar refractivity (Wildman–Crippen MR) is 85.5 cm³/mol.